The molecule has 4 aliphatic heterocycles. The van der Waals surface area contributed by atoms with E-state index < -0.39 is 0 Å². The second-order valence-corrected chi connectivity index (χ2v) is 6.50. The number of nitrogens with two attached hydrogens (primary N) is 1. The van der Waals surface area contributed by atoms with Crippen molar-refractivity contribution in [3.8, 4) is 0 Å². The van der Waals surface area contributed by atoms with E-state index in [9.17, 15) is 0 Å². The van der Waals surface area contributed by atoms with Gasteiger partial charge in [0.25, 0.3) is 0 Å². The summed E-state index contributed by atoms with van der Waals surface area (Å²) in [6, 6.07) is 0. The van der Waals surface area contributed by atoms with Gasteiger partial charge in [0.15, 0.2) is 0 Å². The molecule has 18 heavy (non-hydrogen) atoms. The van der Waals surface area contributed by atoms with Crippen LogP contribution in [0.4, 0.5) is 0 Å². The molecule has 0 aromatic rings. The van der Waals surface area contributed by atoms with Gasteiger partial charge < -0.3 is 15.5 Å². The number of piperidine rings is 3. The quantitative estimate of drug-likeness (QED) is 0.753. The molecule has 4 heterocycles. The SMILES string of the molecule is CN1CCCN(C2(CN)CN3CCC2CC3)CC1. The number of likely N-dealkylation sites (N-methyl/N-ethyl adjacent to an activating group) is 1. The van der Waals surface area contributed by atoms with Crippen molar-refractivity contribution in [2.75, 3.05) is 59.4 Å². The van der Waals surface area contributed by atoms with Gasteiger partial charge in [0.1, 0.15) is 0 Å². The molecule has 4 saturated heterocycles. The van der Waals surface area contributed by atoms with E-state index in [0.717, 1.165) is 12.5 Å². The summed E-state index contributed by atoms with van der Waals surface area (Å²) in [5.41, 5.74) is 6.55. The summed E-state index contributed by atoms with van der Waals surface area (Å²) in [6.07, 6.45) is 4.03. The van der Waals surface area contributed by atoms with E-state index in [4.69, 9.17) is 5.73 Å². The molecule has 0 spiro atoms. The zero-order chi connectivity index (χ0) is 12.6. The van der Waals surface area contributed by atoms with Crippen LogP contribution in [0.2, 0.25) is 0 Å². The zero-order valence-corrected chi connectivity index (χ0v) is 11.8. The minimum absolute atomic E-state index is 0.293. The number of hydrogen-bond acceptors (Lipinski definition) is 4. The van der Waals surface area contributed by atoms with Crippen LogP contribution in [-0.2, 0) is 0 Å². The predicted octanol–water partition coefficient (Wildman–Crippen LogP) is 0.0470. The molecule has 0 aromatic heterocycles. The average molecular weight is 252 g/mol. The van der Waals surface area contributed by atoms with E-state index in [-0.39, 0.29) is 0 Å². The number of rotatable bonds is 2. The Labute approximate surface area is 111 Å². The average Bonchev–Trinajstić information content (AvgIpc) is 2.65. The van der Waals surface area contributed by atoms with Crippen molar-refractivity contribution in [1.82, 2.24) is 14.7 Å². The normalized spacial score (nSPS) is 43.0. The summed E-state index contributed by atoms with van der Waals surface area (Å²) in [6.45, 7) is 9.57. The van der Waals surface area contributed by atoms with Gasteiger partial charge in [-0.2, -0.15) is 0 Å². The minimum Gasteiger partial charge on any atom is -0.329 e. The van der Waals surface area contributed by atoms with Gasteiger partial charge in [0.05, 0.1) is 0 Å². The van der Waals surface area contributed by atoms with Crippen molar-refractivity contribution in [3.05, 3.63) is 0 Å². The van der Waals surface area contributed by atoms with Gasteiger partial charge in [-0.05, 0) is 51.9 Å². The summed E-state index contributed by atoms with van der Waals surface area (Å²) >= 11 is 0. The molecule has 0 aromatic carbocycles. The fourth-order valence-electron chi connectivity index (χ4n) is 4.36. The molecule has 2 bridgehead atoms. The highest BCUT2D eigenvalue weighted by Crippen LogP contribution is 2.39. The molecule has 0 aliphatic carbocycles. The first-order valence-corrected chi connectivity index (χ1v) is 7.60. The summed E-state index contributed by atoms with van der Waals surface area (Å²) in [5.74, 6) is 0.843. The highest BCUT2D eigenvalue weighted by molar-refractivity contribution is 5.06. The molecule has 0 amide bonds. The first-order valence-electron chi connectivity index (χ1n) is 7.60. The van der Waals surface area contributed by atoms with E-state index in [1.807, 2.05) is 0 Å². The monoisotopic (exact) mass is 252 g/mol. The van der Waals surface area contributed by atoms with Gasteiger partial charge in [-0.25, -0.2) is 0 Å². The number of hydrogen-bond donors (Lipinski definition) is 1. The largest absolute Gasteiger partial charge is 0.329 e. The molecule has 4 aliphatic rings. The van der Waals surface area contributed by atoms with Crippen molar-refractivity contribution in [1.29, 1.82) is 0 Å². The molecule has 1 atom stereocenters. The fraction of sp³-hybridized carbons (Fsp3) is 1.00. The van der Waals surface area contributed by atoms with E-state index in [1.165, 1.54) is 65.1 Å². The summed E-state index contributed by atoms with van der Waals surface area (Å²) in [5, 5.41) is 0. The lowest BCUT2D eigenvalue weighted by Crippen LogP contribution is -2.70. The first-order chi connectivity index (χ1) is 8.74. The Kier molecular flexibility index (Phi) is 3.63. The lowest BCUT2D eigenvalue weighted by molar-refractivity contribution is -0.0653. The summed E-state index contributed by atoms with van der Waals surface area (Å²) in [4.78, 5) is 7.85. The van der Waals surface area contributed by atoms with Crippen LogP contribution in [-0.4, -0.2) is 79.6 Å². The van der Waals surface area contributed by atoms with E-state index in [2.05, 4.69) is 21.7 Å². The third-order valence-corrected chi connectivity index (χ3v) is 5.55. The molecule has 0 saturated carbocycles. The molecule has 4 rings (SSSR count). The van der Waals surface area contributed by atoms with Crippen LogP contribution in [0.1, 0.15) is 19.3 Å². The topological polar surface area (TPSA) is 35.7 Å². The van der Waals surface area contributed by atoms with Gasteiger partial charge in [0.2, 0.25) is 0 Å². The van der Waals surface area contributed by atoms with Crippen LogP contribution >= 0.6 is 0 Å². The van der Waals surface area contributed by atoms with Crippen LogP contribution in [0.5, 0.6) is 0 Å². The molecule has 104 valence electrons. The smallest absolute Gasteiger partial charge is 0.0487 e. The van der Waals surface area contributed by atoms with Crippen LogP contribution < -0.4 is 5.73 Å². The van der Waals surface area contributed by atoms with Crippen LogP contribution in [0.3, 0.4) is 0 Å². The predicted molar refractivity (Wildman–Crippen MR) is 74.6 cm³/mol. The van der Waals surface area contributed by atoms with Gasteiger partial charge in [-0.3, -0.25) is 4.90 Å². The summed E-state index contributed by atoms with van der Waals surface area (Å²) < 4.78 is 0. The highest BCUT2D eigenvalue weighted by Gasteiger charge is 2.49. The van der Waals surface area contributed by atoms with Gasteiger partial charge >= 0.3 is 0 Å². The molecular weight excluding hydrogens is 224 g/mol. The first kappa shape index (κ1) is 12.9. The van der Waals surface area contributed by atoms with Crippen LogP contribution in [0.25, 0.3) is 0 Å². The van der Waals surface area contributed by atoms with E-state index >= 15 is 0 Å². The van der Waals surface area contributed by atoms with Crippen LogP contribution in [0.15, 0.2) is 0 Å². The molecule has 1 unspecified atom stereocenters. The lowest BCUT2D eigenvalue weighted by atomic mass is 9.71. The number of nitrogens with zero attached hydrogens (tertiary/aromatic N) is 3. The van der Waals surface area contributed by atoms with Crippen molar-refractivity contribution >= 4 is 0 Å². The van der Waals surface area contributed by atoms with Gasteiger partial charge in [0, 0.05) is 38.3 Å². The Morgan fingerprint density at radius 3 is 2.44 bits per heavy atom. The Hall–Kier alpha value is -0.160. The second kappa shape index (κ2) is 5.08. The Morgan fingerprint density at radius 1 is 1.06 bits per heavy atom. The number of fused-ring (bicyclic) bond motifs is 3. The molecular formula is C14H28N4. The van der Waals surface area contributed by atoms with E-state index in [0.29, 0.717) is 5.54 Å². The highest BCUT2D eigenvalue weighted by atomic mass is 15.3. The molecule has 4 nitrogen and oxygen atoms in total. The van der Waals surface area contributed by atoms with Gasteiger partial charge in [-0.1, -0.05) is 0 Å². The maximum atomic E-state index is 6.26. The molecule has 4 heteroatoms. The Bertz CT molecular complexity index is 288. The third kappa shape index (κ3) is 2.09. The van der Waals surface area contributed by atoms with Crippen LogP contribution in [0, 0.1) is 5.92 Å². The summed E-state index contributed by atoms with van der Waals surface area (Å²) in [7, 11) is 2.25. The zero-order valence-electron chi connectivity index (χ0n) is 11.8. The van der Waals surface area contributed by atoms with Crippen molar-refractivity contribution in [2.45, 2.75) is 24.8 Å². The minimum atomic E-state index is 0.293. The fourth-order valence-corrected chi connectivity index (χ4v) is 4.36. The molecule has 2 N–H and O–H groups in total. The Balaban J connectivity index is 1.78. The van der Waals surface area contributed by atoms with Gasteiger partial charge in [-0.15, -0.1) is 0 Å². The van der Waals surface area contributed by atoms with E-state index in [1.54, 1.807) is 0 Å². The standard InChI is InChI=1S/C14H28N4/c1-16-5-2-6-18(10-9-16)14(11-15)12-17-7-3-13(14)4-8-17/h13H,2-12,15H2,1H3. The van der Waals surface area contributed by atoms with Crippen molar-refractivity contribution < 1.29 is 0 Å². The maximum absolute atomic E-state index is 6.26. The second-order valence-electron chi connectivity index (χ2n) is 6.50. The Morgan fingerprint density at radius 2 is 1.83 bits per heavy atom. The van der Waals surface area contributed by atoms with Crippen molar-refractivity contribution in [2.24, 2.45) is 11.7 Å². The lowest BCUT2D eigenvalue weighted by Gasteiger charge is -2.57. The molecule has 0 radical (unpaired) electrons. The molecule has 4 fully saturated rings. The maximum Gasteiger partial charge on any atom is 0.0487 e. The van der Waals surface area contributed by atoms with Crippen molar-refractivity contribution in [3.63, 3.8) is 0 Å². The third-order valence-electron chi connectivity index (χ3n) is 5.55.